The maximum atomic E-state index is 13.2. The van der Waals surface area contributed by atoms with Crippen molar-refractivity contribution in [2.75, 3.05) is 37.7 Å². The number of anilines is 1. The Morgan fingerprint density at radius 1 is 1.07 bits per heavy atom. The van der Waals surface area contributed by atoms with Gasteiger partial charge in [0, 0.05) is 30.8 Å². The summed E-state index contributed by atoms with van der Waals surface area (Å²) in [4.78, 5) is 39.7. The smallest absolute Gasteiger partial charge is 0.270 e. The molecule has 2 aliphatic heterocycles. The van der Waals surface area contributed by atoms with Crippen molar-refractivity contribution in [3.63, 3.8) is 0 Å². The first-order valence-corrected chi connectivity index (χ1v) is 9.23. The quantitative estimate of drug-likeness (QED) is 0.579. The van der Waals surface area contributed by atoms with Gasteiger partial charge >= 0.3 is 0 Å². The van der Waals surface area contributed by atoms with Crippen LogP contribution in [0.1, 0.15) is 10.4 Å². The van der Waals surface area contributed by atoms with Crippen LogP contribution in [-0.2, 0) is 9.53 Å². The van der Waals surface area contributed by atoms with Crippen LogP contribution in [0.15, 0.2) is 48.5 Å². The zero-order chi connectivity index (χ0) is 20.4. The van der Waals surface area contributed by atoms with E-state index in [1.165, 1.54) is 29.2 Å². The van der Waals surface area contributed by atoms with E-state index < -0.39 is 16.9 Å². The van der Waals surface area contributed by atoms with Crippen molar-refractivity contribution in [2.24, 2.45) is 0 Å². The first-order chi connectivity index (χ1) is 14.0. The summed E-state index contributed by atoms with van der Waals surface area (Å²) < 4.78 is 11.2. The van der Waals surface area contributed by atoms with E-state index in [0.29, 0.717) is 37.7 Å². The van der Waals surface area contributed by atoms with Gasteiger partial charge < -0.3 is 19.3 Å². The minimum atomic E-state index is -0.856. The number of hydrogen-bond acceptors (Lipinski definition) is 6. The number of carbonyl (C=O) groups excluding carboxylic acids is 2. The molecule has 1 saturated heterocycles. The number of rotatable bonds is 3. The molecule has 0 N–H and O–H groups in total. The third-order valence-corrected chi connectivity index (χ3v) is 4.92. The number of fused-ring (bicyclic) bond motifs is 1. The SMILES string of the molecule is O=C([C@@H]1CN(C(=O)c2cccc([N+](=O)[O-])c2)c2ccccc2O1)N1CCOCC1. The Morgan fingerprint density at radius 2 is 1.83 bits per heavy atom. The third kappa shape index (κ3) is 3.77. The fourth-order valence-corrected chi connectivity index (χ4v) is 3.45. The maximum Gasteiger partial charge on any atom is 0.270 e. The number of nitro groups is 1. The summed E-state index contributed by atoms with van der Waals surface area (Å²) in [5, 5.41) is 11.1. The normalized spacial score (nSPS) is 18.6. The van der Waals surface area contributed by atoms with Gasteiger partial charge in [-0.1, -0.05) is 18.2 Å². The number of hydrogen-bond donors (Lipinski definition) is 0. The number of amides is 2. The summed E-state index contributed by atoms with van der Waals surface area (Å²) in [7, 11) is 0. The Kier molecular flexibility index (Phi) is 5.13. The van der Waals surface area contributed by atoms with Crippen molar-refractivity contribution < 1.29 is 24.0 Å². The summed E-state index contributed by atoms with van der Waals surface area (Å²) >= 11 is 0. The van der Waals surface area contributed by atoms with Crippen LogP contribution in [0.5, 0.6) is 5.75 Å². The number of nitro benzene ring substituents is 1. The molecular weight excluding hydrogens is 378 g/mol. The van der Waals surface area contributed by atoms with Crippen molar-refractivity contribution in [1.29, 1.82) is 0 Å². The Balaban J connectivity index is 1.64. The minimum absolute atomic E-state index is 0.0225. The van der Waals surface area contributed by atoms with E-state index in [1.807, 2.05) is 0 Å². The van der Waals surface area contributed by atoms with E-state index in [1.54, 1.807) is 29.2 Å². The lowest BCUT2D eigenvalue weighted by atomic mass is 10.1. The van der Waals surface area contributed by atoms with Gasteiger partial charge in [0.1, 0.15) is 5.75 Å². The van der Waals surface area contributed by atoms with Crippen LogP contribution < -0.4 is 9.64 Å². The second-order valence-electron chi connectivity index (χ2n) is 6.74. The van der Waals surface area contributed by atoms with E-state index in [4.69, 9.17) is 9.47 Å². The van der Waals surface area contributed by atoms with Gasteiger partial charge in [-0.25, -0.2) is 0 Å². The highest BCUT2D eigenvalue weighted by Crippen LogP contribution is 2.34. The number of benzene rings is 2. The van der Waals surface area contributed by atoms with Crippen molar-refractivity contribution >= 4 is 23.2 Å². The van der Waals surface area contributed by atoms with E-state index in [0.717, 1.165) is 0 Å². The molecule has 0 radical (unpaired) electrons. The molecule has 2 amide bonds. The first kappa shape index (κ1) is 18.9. The molecular formula is C20H19N3O6. The van der Waals surface area contributed by atoms with Crippen molar-refractivity contribution in [3.8, 4) is 5.75 Å². The number of para-hydroxylation sites is 2. The van der Waals surface area contributed by atoms with Crippen LogP contribution in [0.25, 0.3) is 0 Å². The molecule has 0 aliphatic carbocycles. The van der Waals surface area contributed by atoms with Crippen LogP contribution in [-0.4, -0.2) is 60.6 Å². The lowest BCUT2D eigenvalue weighted by Crippen LogP contribution is -2.54. The summed E-state index contributed by atoms with van der Waals surface area (Å²) in [6, 6.07) is 12.5. The Labute approximate surface area is 166 Å². The molecule has 2 aromatic carbocycles. The number of ether oxygens (including phenoxy) is 2. The molecule has 150 valence electrons. The van der Waals surface area contributed by atoms with E-state index in [-0.39, 0.29) is 23.7 Å². The second kappa shape index (κ2) is 7.88. The van der Waals surface area contributed by atoms with E-state index in [2.05, 4.69) is 0 Å². The van der Waals surface area contributed by atoms with Crippen LogP contribution in [0.4, 0.5) is 11.4 Å². The predicted octanol–water partition coefficient (Wildman–Crippen LogP) is 1.86. The third-order valence-electron chi connectivity index (χ3n) is 4.92. The van der Waals surface area contributed by atoms with E-state index in [9.17, 15) is 19.7 Å². The zero-order valence-corrected chi connectivity index (χ0v) is 15.5. The molecule has 0 spiro atoms. The van der Waals surface area contributed by atoms with Crippen LogP contribution in [0.3, 0.4) is 0 Å². The molecule has 1 atom stereocenters. The van der Waals surface area contributed by atoms with Gasteiger partial charge in [-0.15, -0.1) is 0 Å². The summed E-state index contributed by atoms with van der Waals surface area (Å²) in [6.07, 6.45) is -0.856. The molecule has 2 aromatic rings. The standard InChI is InChI=1S/C20H19N3O6/c24-19(14-4-3-5-15(12-14)23(26)27)22-13-18(20(25)21-8-10-28-11-9-21)29-17-7-2-1-6-16(17)22/h1-7,12,18H,8-11,13H2/t18-/m0/s1. The first-order valence-electron chi connectivity index (χ1n) is 9.23. The summed E-state index contributed by atoms with van der Waals surface area (Å²) in [6.45, 7) is 1.89. The fourth-order valence-electron chi connectivity index (χ4n) is 3.45. The predicted molar refractivity (Wildman–Crippen MR) is 103 cm³/mol. The highest BCUT2D eigenvalue weighted by atomic mass is 16.6. The summed E-state index contributed by atoms with van der Waals surface area (Å²) in [5.41, 5.74) is 0.529. The Morgan fingerprint density at radius 3 is 2.59 bits per heavy atom. The van der Waals surface area contributed by atoms with Gasteiger partial charge in [0.2, 0.25) is 0 Å². The Bertz CT molecular complexity index is 957. The zero-order valence-electron chi connectivity index (χ0n) is 15.5. The number of non-ortho nitro benzene ring substituents is 1. The molecule has 2 heterocycles. The number of nitrogens with zero attached hydrogens (tertiary/aromatic N) is 3. The van der Waals surface area contributed by atoms with Gasteiger partial charge in [-0.2, -0.15) is 0 Å². The molecule has 9 heteroatoms. The number of carbonyl (C=O) groups is 2. The lowest BCUT2D eigenvalue weighted by molar-refractivity contribution is -0.384. The van der Waals surface area contributed by atoms with Crippen molar-refractivity contribution in [3.05, 3.63) is 64.2 Å². The largest absolute Gasteiger partial charge is 0.476 e. The van der Waals surface area contributed by atoms with Crippen molar-refractivity contribution in [2.45, 2.75) is 6.10 Å². The average molecular weight is 397 g/mol. The molecule has 0 bridgehead atoms. The van der Waals surface area contributed by atoms with Gasteiger partial charge in [0.05, 0.1) is 30.4 Å². The topological polar surface area (TPSA) is 102 Å². The molecule has 2 aliphatic rings. The molecule has 0 aromatic heterocycles. The highest BCUT2D eigenvalue weighted by molar-refractivity contribution is 6.08. The molecule has 0 unspecified atom stereocenters. The van der Waals surface area contributed by atoms with Crippen LogP contribution >= 0.6 is 0 Å². The van der Waals surface area contributed by atoms with Gasteiger partial charge in [-0.05, 0) is 18.2 Å². The minimum Gasteiger partial charge on any atom is -0.476 e. The number of morpholine rings is 1. The molecule has 1 fully saturated rings. The second-order valence-corrected chi connectivity index (χ2v) is 6.74. The molecule has 29 heavy (non-hydrogen) atoms. The van der Waals surface area contributed by atoms with Gasteiger partial charge in [0.15, 0.2) is 6.10 Å². The summed E-state index contributed by atoms with van der Waals surface area (Å²) in [5.74, 6) is -0.215. The van der Waals surface area contributed by atoms with Gasteiger partial charge in [-0.3, -0.25) is 19.7 Å². The lowest BCUT2D eigenvalue weighted by Gasteiger charge is -2.37. The monoisotopic (exact) mass is 397 g/mol. The van der Waals surface area contributed by atoms with Crippen molar-refractivity contribution in [1.82, 2.24) is 4.90 Å². The molecule has 4 rings (SSSR count). The average Bonchev–Trinajstić information content (AvgIpc) is 2.78. The van der Waals surface area contributed by atoms with Crippen LogP contribution in [0, 0.1) is 10.1 Å². The van der Waals surface area contributed by atoms with Gasteiger partial charge in [0.25, 0.3) is 17.5 Å². The molecule has 9 nitrogen and oxygen atoms in total. The maximum absolute atomic E-state index is 13.2. The molecule has 0 saturated carbocycles. The van der Waals surface area contributed by atoms with E-state index >= 15 is 0 Å². The highest BCUT2D eigenvalue weighted by Gasteiger charge is 2.36. The van der Waals surface area contributed by atoms with Crippen LogP contribution in [0.2, 0.25) is 0 Å². The Hall–Kier alpha value is -3.46. The fraction of sp³-hybridized carbons (Fsp3) is 0.300.